The smallest absolute Gasteiger partial charge is 0.244 e. The van der Waals surface area contributed by atoms with Crippen molar-refractivity contribution in [1.82, 2.24) is 20.7 Å². The molecule has 0 saturated carbocycles. The van der Waals surface area contributed by atoms with E-state index in [1.807, 2.05) is 6.92 Å². The SMILES string of the molecule is Cc1noc(C)c1CC(=O)NC1CN(CC(C)C)CC2(CCOCC2)NC1=O. The molecule has 28 heavy (non-hydrogen) atoms. The normalized spacial score (nSPS) is 22.9. The van der Waals surface area contributed by atoms with E-state index in [0.29, 0.717) is 37.1 Å². The Hall–Kier alpha value is -1.93. The highest BCUT2D eigenvalue weighted by Gasteiger charge is 2.41. The fourth-order valence-electron chi connectivity index (χ4n) is 4.19. The Bertz CT molecular complexity index is 690. The maximum atomic E-state index is 13.0. The summed E-state index contributed by atoms with van der Waals surface area (Å²) >= 11 is 0. The Morgan fingerprint density at radius 3 is 2.68 bits per heavy atom. The molecule has 1 spiro atoms. The molecule has 1 unspecified atom stereocenters. The van der Waals surface area contributed by atoms with E-state index in [0.717, 1.165) is 31.5 Å². The number of amides is 2. The van der Waals surface area contributed by atoms with E-state index >= 15 is 0 Å². The Morgan fingerprint density at radius 1 is 1.36 bits per heavy atom. The molecule has 1 aromatic rings. The first-order chi connectivity index (χ1) is 13.3. The highest BCUT2D eigenvalue weighted by Crippen LogP contribution is 2.25. The zero-order chi connectivity index (χ0) is 20.3. The number of hydrogen-bond acceptors (Lipinski definition) is 6. The van der Waals surface area contributed by atoms with Gasteiger partial charge in [0.05, 0.1) is 17.7 Å². The maximum absolute atomic E-state index is 13.0. The van der Waals surface area contributed by atoms with Crippen LogP contribution in [0.2, 0.25) is 0 Å². The van der Waals surface area contributed by atoms with Crippen LogP contribution in [0.4, 0.5) is 0 Å². The predicted octanol–water partition coefficient (Wildman–Crippen LogP) is 0.956. The molecule has 2 N–H and O–H groups in total. The monoisotopic (exact) mass is 392 g/mol. The van der Waals surface area contributed by atoms with Crippen LogP contribution in [0, 0.1) is 19.8 Å². The predicted molar refractivity (Wildman–Crippen MR) is 104 cm³/mol. The molecule has 2 aliphatic rings. The van der Waals surface area contributed by atoms with Crippen molar-refractivity contribution in [1.29, 1.82) is 0 Å². The standard InChI is InChI=1S/C20H32N4O4/c1-13(2)10-24-11-17(19(26)22-20(12-24)5-7-27-8-6-20)21-18(25)9-16-14(3)23-28-15(16)4/h13,17H,5-12H2,1-4H3,(H,21,25)(H,22,26). The molecule has 2 fully saturated rings. The van der Waals surface area contributed by atoms with Gasteiger partial charge in [0.1, 0.15) is 11.8 Å². The van der Waals surface area contributed by atoms with Gasteiger partial charge >= 0.3 is 0 Å². The lowest BCUT2D eigenvalue weighted by Crippen LogP contribution is -2.57. The van der Waals surface area contributed by atoms with Gasteiger partial charge in [-0.3, -0.25) is 14.5 Å². The van der Waals surface area contributed by atoms with Gasteiger partial charge < -0.3 is 19.9 Å². The number of aryl methyl sites for hydroxylation is 2. The first kappa shape index (κ1) is 20.8. The second kappa shape index (κ2) is 8.61. The van der Waals surface area contributed by atoms with Crippen LogP contribution in [0.25, 0.3) is 0 Å². The first-order valence-corrected chi connectivity index (χ1v) is 10.1. The summed E-state index contributed by atoms with van der Waals surface area (Å²) < 4.78 is 10.6. The van der Waals surface area contributed by atoms with Crippen LogP contribution >= 0.6 is 0 Å². The van der Waals surface area contributed by atoms with Crippen molar-refractivity contribution in [2.75, 3.05) is 32.8 Å². The topological polar surface area (TPSA) is 96.7 Å². The van der Waals surface area contributed by atoms with Gasteiger partial charge in [0.15, 0.2) is 0 Å². The third-order valence-electron chi connectivity index (χ3n) is 5.60. The van der Waals surface area contributed by atoms with Gasteiger partial charge in [0.25, 0.3) is 0 Å². The number of hydrogen-bond donors (Lipinski definition) is 2. The lowest BCUT2D eigenvalue weighted by molar-refractivity contribution is -0.129. The summed E-state index contributed by atoms with van der Waals surface area (Å²) in [6, 6.07) is -0.575. The van der Waals surface area contributed by atoms with Crippen molar-refractivity contribution >= 4 is 11.8 Å². The van der Waals surface area contributed by atoms with E-state index in [1.54, 1.807) is 6.92 Å². The van der Waals surface area contributed by atoms with Gasteiger partial charge in [-0.25, -0.2) is 0 Å². The quantitative estimate of drug-likeness (QED) is 0.775. The average Bonchev–Trinajstić information content (AvgIpc) is 2.86. The molecule has 1 atom stereocenters. The summed E-state index contributed by atoms with van der Waals surface area (Å²) in [5.74, 6) is 0.812. The third-order valence-corrected chi connectivity index (χ3v) is 5.60. The molecule has 1 aromatic heterocycles. The maximum Gasteiger partial charge on any atom is 0.244 e. The number of ether oxygens (including phenoxy) is 1. The number of carbonyl (C=O) groups is 2. The minimum atomic E-state index is -0.575. The molecule has 0 aliphatic carbocycles. The van der Waals surface area contributed by atoms with Crippen molar-refractivity contribution in [3.05, 3.63) is 17.0 Å². The van der Waals surface area contributed by atoms with E-state index in [2.05, 4.69) is 34.5 Å². The zero-order valence-corrected chi connectivity index (χ0v) is 17.3. The molecule has 0 aromatic carbocycles. The minimum absolute atomic E-state index is 0.111. The van der Waals surface area contributed by atoms with Crippen LogP contribution < -0.4 is 10.6 Å². The van der Waals surface area contributed by atoms with E-state index in [1.165, 1.54) is 0 Å². The Balaban J connectivity index is 1.72. The summed E-state index contributed by atoms with van der Waals surface area (Å²) in [5.41, 5.74) is 1.22. The van der Waals surface area contributed by atoms with Crippen LogP contribution in [-0.2, 0) is 20.7 Å². The van der Waals surface area contributed by atoms with Crippen molar-refractivity contribution in [2.45, 2.75) is 58.5 Å². The van der Waals surface area contributed by atoms with Gasteiger partial charge in [-0.1, -0.05) is 19.0 Å². The minimum Gasteiger partial charge on any atom is -0.381 e. The number of nitrogens with one attached hydrogen (secondary N) is 2. The highest BCUT2D eigenvalue weighted by molar-refractivity contribution is 5.89. The molecular weight excluding hydrogens is 360 g/mol. The molecular formula is C20H32N4O4. The Morgan fingerprint density at radius 2 is 2.07 bits per heavy atom. The molecule has 2 aliphatic heterocycles. The van der Waals surface area contributed by atoms with Gasteiger partial charge in [0.2, 0.25) is 11.8 Å². The largest absolute Gasteiger partial charge is 0.381 e. The lowest BCUT2D eigenvalue weighted by atomic mass is 9.89. The van der Waals surface area contributed by atoms with Crippen molar-refractivity contribution < 1.29 is 18.8 Å². The molecule has 2 amide bonds. The van der Waals surface area contributed by atoms with Gasteiger partial charge in [-0.2, -0.15) is 0 Å². The average molecular weight is 393 g/mol. The van der Waals surface area contributed by atoms with Crippen molar-refractivity contribution in [3.8, 4) is 0 Å². The Labute approximate surface area is 166 Å². The summed E-state index contributed by atoms with van der Waals surface area (Å²) in [6.45, 7) is 11.4. The molecule has 2 saturated heterocycles. The molecule has 3 heterocycles. The molecule has 0 radical (unpaired) electrons. The van der Waals surface area contributed by atoms with Crippen molar-refractivity contribution in [2.24, 2.45) is 5.92 Å². The zero-order valence-electron chi connectivity index (χ0n) is 17.3. The summed E-state index contributed by atoms with van der Waals surface area (Å²) in [7, 11) is 0. The fraction of sp³-hybridized carbons (Fsp3) is 0.750. The van der Waals surface area contributed by atoms with Crippen LogP contribution in [-0.4, -0.2) is 66.3 Å². The summed E-state index contributed by atoms with van der Waals surface area (Å²) in [6.07, 6.45) is 1.76. The first-order valence-electron chi connectivity index (χ1n) is 10.1. The van der Waals surface area contributed by atoms with Crippen LogP contribution in [0.1, 0.15) is 43.7 Å². The summed E-state index contributed by atoms with van der Waals surface area (Å²) in [5, 5.41) is 10.1. The van der Waals surface area contributed by atoms with Crippen LogP contribution in [0.3, 0.4) is 0 Å². The van der Waals surface area contributed by atoms with Crippen LogP contribution in [0.5, 0.6) is 0 Å². The summed E-state index contributed by atoms with van der Waals surface area (Å²) in [4.78, 5) is 27.9. The highest BCUT2D eigenvalue weighted by atomic mass is 16.5. The van der Waals surface area contributed by atoms with Gasteiger partial charge in [-0.05, 0) is 32.6 Å². The number of rotatable bonds is 5. The number of carbonyl (C=O) groups excluding carboxylic acids is 2. The lowest BCUT2D eigenvalue weighted by Gasteiger charge is -2.39. The molecule has 156 valence electrons. The molecule has 3 rings (SSSR count). The van der Waals surface area contributed by atoms with Gasteiger partial charge in [0, 0.05) is 38.4 Å². The second-order valence-corrected chi connectivity index (χ2v) is 8.57. The van der Waals surface area contributed by atoms with Crippen molar-refractivity contribution in [3.63, 3.8) is 0 Å². The molecule has 8 nitrogen and oxygen atoms in total. The number of aromatic nitrogens is 1. The molecule has 0 bridgehead atoms. The van der Waals surface area contributed by atoms with E-state index < -0.39 is 6.04 Å². The molecule has 8 heteroatoms. The Kier molecular flexibility index (Phi) is 6.40. The second-order valence-electron chi connectivity index (χ2n) is 8.57. The van der Waals surface area contributed by atoms with Gasteiger partial charge in [-0.15, -0.1) is 0 Å². The van der Waals surface area contributed by atoms with E-state index in [9.17, 15) is 9.59 Å². The van der Waals surface area contributed by atoms with E-state index in [-0.39, 0.29) is 23.8 Å². The van der Waals surface area contributed by atoms with E-state index in [4.69, 9.17) is 9.26 Å². The fourth-order valence-corrected chi connectivity index (χ4v) is 4.19. The third kappa shape index (κ3) is 4.91. The van der Waals surface area contributed by atoms with Crippen LogP contribution in [0.15, 0.2) is 4.52 Å². The number of nitrogens with zero attached hydrogens (tertiary/aromatic N) is 2.